The maximum Gasteiger partial charge on any atom is 0.394 e. The molecule has 1 saturated carbocycles. The van der Waals surface area contributed by atoms with E-state index in [1.54, 1.807) is 18.3 Å². The first kappa shape index (κ1) is 17.2. The molecule has 1 N–H and O–H groups in total. The molecule has 0 bridgehead atoms. The van der Waals surface area contributed by atoms with Crippen LogP contribution in [0.3, 0.4) is 0 Å². The molecule has 2 heterocycles. The Kier molecular flexibility index (Phi) is 4.40. The van der Waals surface area contributed by atoms with E-state index in [9.17, 15) is 18.0 Å². The lowest BCUT2D eigenvalue weighted by Gasteiger charge is -2.18. The highest BCUT2D eigenvalue weighted by molar-refractivity contribution is 5.77. The van der Waals surface area contributed by atoms with E-state index in [1.165, 1.54) is 24.2 Å². The molecule has 0 aliphatic heterocycles. The molecule has 3 rings (SSSR count). The van der Waals surface area contributed by atoms with Gasteiger partial charge in [-0.1, -0.05) is 0 Å². The summed E-state index contributed by atoms with van der Waals surface area (Å²) in [5.74, 6) is 0.458. The molecule has 1 amide bonds. The third-order valence-corrected chi connectivity index (χ3v) is 4.39. The van der Waals surface area contributed by atoms with Crippen LogP contribution in [0.4, 0.5) is 18.0 Å². The molecule has 1 fully saturated rings. The third kappa shape index (κ3) is 3.59. The van der Waals surface area contributed by atoms with Gasteiger partial charge in [0, 0.05) is 30.6 Å². The summed E-state index contributed by atoms with van der Waals surface area (Å²) in [6.07, 6.45) is 0.316. The van der Waals surface area contributed by atoms with E-state index in [-0.39, 0.29) is 25.8 Å². The summed E-state index contributed by atoms with van der Waals surface area (Å²) in [6.45, 7) is -0.0318. The Morgan fingerprint density at radius 1 is 1.36 bits per heavy atom. The number of amides is 1. The highest BCUT2D eigenvalue weighted by Gasteiger charge is 2.62. The number of halogens is 3. The van der Waals surface area contributed by atoms with Crippen LogP contribution < -0.4 is 10.1 Å². The van der Waals surface area contributed by atoms with Crippen LogP contribution in [-0.4, -0.2) is 40.4 Å². The largest absolute Gasteiger partial charge is 0.481 e. The summed E-state index contributed by atoms with van der Waals surface area (Å²) in [6, 6.07) is 2.90. The van der Waals surface area contributed by atoms with Gasteiger partial charge in [-0.05, 0) is 25.3 Å². The minimum absolute atomic E-state index is 0.0318. The lowest BCUT2D eigenvalue weighted by Crippen LogP contribution is -2.33. The van der Waals surface area contributed by atoms with Gasteiger partial charge in [0.2, 0.25) is 5.88 Å². The Balaban J connectivity index is 1.57. The van der Waals surface area contributed by atoms with Crippen molar-refractivity contribution in [3.8, 4) is 17.1 Å². The fourth-order valence-corrected chi connectivity index (χ4v) is 2.56. The van der Waals surface area contributed by atoms with Gasteiger partial charge >= 0.3 is 12.2 Å². The van der Waals surface area contributed by atoms with Crippen molar-refractivity contribution in [1.82, 2.24) is 19.9 Å². The Morgan fingerprint density at radius 3 is 2.68 bits per heavy atom. The topological polar surface area (TPSA) is 69.0 Å². The normalized spacial score (nSPS) is 15.7. The van der Waals surface area contributed by atoms with Crippen molar-refractivity contribution in [1.29, 1.82) is 0 Å². The number of hydrogen-bond donors (Lipinski definition) is 1. The molecule has 0 saturated heterocycles. The van der Waals surface area contributed by atoms with Crippen LogP contribution >= 0.6 is 0 Å². The molecule has 0 spiro atoms. The SMILES string of the molecule is COc1ccc(-c2cn(C(=O)NCCC3(C(F)(F)F)CC3)cn2)cn1. The number of carbonyl (C=O) groups is 1. The van der Waals surface area contributed by atoms with Crippen molar-refractivity contribution in [2.75, 3.05) is 13.7 Å². The Morgan fingerprint density at radius 2 is 2.12 bits per heavy atom. The summed E-state index contributed by atoms with van der Waals surface area (Å²) >= 11 is 0. The fourth-order valence-electron chi connectivity index (χ4n) is 2.56. The second-order valence-electron chi connectivity index (χ2n) is 6.02. The van der Waals surface area contributed by atoms with Crippen molar-refractivity contribution in [2.24, 2.45) is 5.41 Å². The van der Waals surface area contributed by atoms with Gasteiger partial charge in [0.15, 0.2) is 0 Å². The fraction of sp³-hybridized carbons (Fsp3) is 0.438. The van der Waals surface area contributed by atoms with E-state index in [1.807, 2.05) is 0 Å². The lowest BCUT2D eigenvalue weighted by atomic mass is 10.0. The average Bonchev–Trinajstić information content (AvgIpc) is 3.23. The van der Waals surface area contributed by atoms with Gasteiger partial charge < -0.3 is 10.1 Å². The molecule has 2 aromatic rings. The molecular formula is C16H17F3N4O2. The molecule has 9 heteroatoms. The van der Waals surface area contributed by atoms with Crippen molar-refractivity contribution in [2.45, 2.75) is 25.4 Å². The minimum Gasteiger partial charge on any atom is -0.481 e. The molecular weight excluding hydrogens is 337 g/mol. The van der Waals surface area contributed by atoms with E-state index in [0.29, 0.717) is 17.1 Å². The summed E-state index contributed by atoms with van der Waals surface area (Å²) in [4.78, 5) is 20.2. The van der Waals surface area contributed by atoms with E-state index >= 15 is 0 Å². The number of alkyl halides is 3. The number of ether oxygens (including phenoxy) is 1. The van der Waals surface area contributed by atoms with Crippen LogP contribution in [0, 0.1) is 5.41 Å². The second kappa shape index (κ2) is 6.38. The zero-order valence-electron chi connectivity index (χ0n) is 13.5. The van der Waals surface area contributed by atoms with Crippen molar-refractivity contribution in [3.63, 3.8) is 0 Å². The molecule has 25 heavy (non-hydrogen) atoms. The molecule has 0 unspecified atom stereocenters. The van der Waals surface area contributed by atoms with Gasteiger partial charge in [-0.3, -0.25) is 4.57 Å². The highest BCUT2D eigenvalue weighted by Crippen LogP contribution is 2.59. The van der Waals surface area contributed by atoms with Crippen LogP contribution in [0.25, 0.3) is 11.3 Å². The first-order chi connectivity index (χ1) is 11.8. The summed E-state index contributed by atoms with van der Waals surface area (Å²) in [7, 11) is 1.51. The predicted octanol–water partition coefficient (Wildman–Crippen LogP) is 3.24. The van der Waals surface area contributed by atoms with Crippen LogP contribution in [0.2, 0.25) is 0 Å². The standard InChI is InChI=1S/C16H17F3N4O2/c1-25-13-3-2-11(8-21-13)12-9-23(10-22-12)14(24)20-7-6-15(4-5-15)16(17,18)19/h2-3,8-10H,4-7H2,1H3,(H,20,24). The van der Waals surface area contributed by atoms with Crippen LogP contribution in [-0.2, 0) is 0 Å². The molecule has 1 aliphatic rings. The second-order valence-corrected chi connectivity index (χ2v) is 6.02. The van der Waals surface area contributed by atoms with Gasteiger partial charge in [0.1, 0.15) is 6.33 Å². The van der Waals surface area contributed by atoms with Crippen LogP contribution in [0.1, 0.15) is 19.3 Å². The third-order valence-electron chi connectivity index (χ3n) is 4.39. The van der Waals surface area contributed by atoms with Gasteiger partial charge in [-0.25, -0.2) is 14.8 Å². The Hall–Kier alpha value is -2.58. The number of hydrogen-bond acceptors (Lipinski definition) is 4. The quantitative estimate of drug-likeness (QED) is 0.895. The summed E-state index contributed by atoms with van der Waals surface area (Å²) in [5.41, 5.74) is -0.393. The number of nitrogens with zero attached hydrogens (tertiary/aromatic N) is 3. The zero-order chi connectivity index (χ0) is 18.1. The van der Waals surface area contributed by atoms with E-state index in [2.05, 4.69) is 15.3 Å². The van der Waals surface area contributed by atoms with Gasteiger partial charge in [-0.15, -0.1) is 0 Å². The van der Waals surface area contributed by atoms with Gasteiger partial charge in [0.05, 0.1) is 18.2 Å². The molecule has 0 radical (unpaired) electrons. The van der Waals surface area contributed by atoms with Crippen molar-refractivity contribution in [3.05, 3.63) is 30.9 Å². The number of nitrogens with one attached hydrogen (secondary N) is 1. The Bertz CT molecular complexity index is 751. The summed E-state index contributed by atoms with van der Waals surface area (Å²) < 4.78 is 44.7. The number of rotatable bonds is 5. The number of methoxy groups -OCH3 is 1. The average molecular weight is 354 g/mol. The lowest BCUT2D eigenvalue weighted by molar-refractivity contribution is -0.188. The van der Waals surface area contributed by atoms with E-state index in [4.69, 9.17) is 4.74 Å². The molecule has 6 nitrogen and oxygen atoms in total. The van der Waals surface area contributed by atoms with Gasteiger partial charge in [0.25, 0.3) is 0 Å². The summed E-state index contributed by atoms with van der Waals surface area (Å²) in [5, 5.41) is 2.50. The number of aromatic nitrogens is 3. The molecule has 1 aliphatic carbocycles. The number of carbonyl (C=O) groups excluding carboxylic acids is 1. The molecule has 0 aromatic carbocycles. The highest BCUT2D eigenvalue weighted by atomic mass is 19.4. The maximum absolute atomic E-state index is 12.8. The monoisotopic (exact) mass is 354 g/mol. The van der Waals surface area contributed by atoms with Gasteiger partial charge in [-0.2, -0.15) is 13.2 Å². The van der Waals surface area contributed by atoms with E-state index in [0.717, 1.165) is 0 Å². The molecule has 134 valence electrons. The maximum atomic E-state index is 12.8. The Labute approximate surface area is 142 Å². The first-order valence-corrected chi connectivity index (χ1v) is 7.74. The van der Waals surface area contributed by atoms with Crippen LogP contribution in [0.15, 0.2) is 30.9 Å². The van der Waals surface area contributed by atoms with Crippen molar-refractivity contribution < 1.29 is 22.7 Å². The molecule has 0 atom stereocenters. The number of imidazole rings is 1. The first-order valence-electron chi connectivity index (χ1n) is 7.74. The predicted molar refractivity (Wildman–Crippen MR) is 83.1 cm³/mol. The zero-order valence-corrected chi connectivity index (χ0v) is 13.5. The van der Waals surface area contributed by atoms with Crippen molar-refractivity contribution >= 4 is 6.03 Å². The molecule has 2 aromatic heterocycles. The van der Waals surface area contributed by atoms with Crippen LogP contribution in [0.5, 0.6) is 5.88 Å². The smallest absolute Gasteiger partial charge is 0.394 e. The number of pyridine rings is 1. The minimum atomic E-state index is -4.21. The van der Waals surface area contributed by atoms with E-state index < -0.39 is 17.6 Å².